The molecule has 0 bridgehead atoms. The van der Waals surface area contributed by atoms with Gasteiger partial charge < -0.3 is 14.8 Å². The zero-order valence-electron chi connectivity index (χ0n) is 18.8. The molecule has 3 aromatic rings. The third kappa shape index (κ3) is 4.19. The molecule has 1 saturated carbocycles. The molecule has 1 N–H and O–H groups in total. The number of anilines is 2. The number of amides is 2. The minimum atomic E-state index is -3.02. The zero-order chi connectivity index (χ0) is 25.0. The van der Waals surface area contributed by atoms with Gasteiger partial charge in [-0.05, 0) is 49.4 Å². The van der Waals surface area contributed by atoms with E-state index in [1.54, 1.807) is 12.1 Å². The van der Waals surface area contributed by atoms with Crippen molar-refractivity contribution < 1.29 is 27.4 Å². The number of fused-ring (bicyclic) bond motifs is 2. The molecule has 186 valence electrons. The molecule has 2 amide bonds. The average molecular weight is 517 g/mol. The van der Waals surface area contributed by atoms with Gasteiger partial charge in [0.1, 0.15) is 23.4 Å². The van der Waals surface area contributed by atoms with Crippen LogP contribution in [0.3, 0.4) is 0 Å². The van der Waals surface area contributed by atoms with Crippen molar-refractivity contribution in [2.75, 3.05) is 10.2 Å². The predicted molar refractivity (Wildman–Crippen MR) is 125 cm³/mol. The first-order valence-electron chi connectivity index (χ1n) is 11.5. The average Bonchev–Trinajstić information content (AvgIpc) is 3.68. The molecule has 11 heteroatoms. The topological polar surface area (TPSA) is 76.6 Å². The Balaban J connectivity index is 1.33. The van der Waals surface area contributed by atoms with Crippen molar-refractivity contribution in [2.24, 2.45) is 0 Å². The minimum Gasteiger partial charge on any atom is -0.484 e. The van der Waals surface area contributed by atoms with Crippen molar-refractivity contribution in [1.82, 2.24) is 9.97 Å². The van der Waals surface area contributed by atoms with Gasteiger partial charge in [0.25, 0.3) is 0 Å². The van der Waals surface area contributed by atoms with Crippen molar-refractivity contribution in [3.8, 4) is 11.6 Å². The zero-order valence-corrected chi connectivity index (χ0v) is 19.6. The summed E-state index contributed by atoms with van der Waals surface area (Å²) in [5.74, 6) is -0.0569. The van der Waals surface area contributed by atoms with Crippen molar-refractivity contribution in [3.05, 3.63) is 69.9 Å². The van der Waals surface area contributed by atoms with Gasteiger partial charge in [-0.2, -0.15) is 8.78 Å². The molecule has 2 aromatic heterocycles. The summed E-state index contributed by atoms with van der Waals surface area (Å²) >= 11 is 6.59. The molecule has 1 aliphatic carbocycles. The van der Waals surface area contributed by atoms with E-state index >= 15 is 0 Å². The lowest BCUT2D eigenvalue weighted by molar-refractivity contribution is -0.0529. The number of halogens is 4. The second kappa shape index (κ2) is 8.85. The Bertz CT molecular complexity index is 1370. The molecule has 0 spiro atoms. The molecule has 3 aliphatic rings. The normalized spacial score (nSPS) is 18.9. The number of carbonyl (C=O) groups is 1. The van der Waals surface area contributed by atoms with Gasteiger partial charge >= 0.3 is 12.6 Å². The van der Waals surface area contributed by atoms with E-state index in [0.29, 0.717) is 40.7 Å². The largest absolute Gasteiger partial charge is 0.484 e. The maximum absolute atomic E-state index is 14.3. The van der Waals surface area contributed by atoms with Crippen LogP contribution in [0, 0.1) is 5.82 Å². The number of nitrogens with zero attached hydrogens (tertiary/aromatic N) is 3. The Hall–Kier alpha value is -3.53. The molecule has 1 fully saturated rings. The van der Waals surface area contributed by atoms with Crippen LogP contribution >= 0.6 is 11.6 Å². The Morgan fingerprint density at radius 3 is 2.78 bits per heavy atom. The van der Waals surface area contributed by atoms with E-state index in [-0.39, 0.29) is 24.0 Å². The Labute approximate surface area is 209 Å². The van der Waals surface area contributed by atoms with E-state index < -0.39 is 24.6 Å². The number of nitrogens with one attached hydrogen (secondary N) is 1. The van der Waals surface area contributed by atoms with Gasteiger partial charge in [-0.3, -0.25) is 9.88 Å². The van der Waals surface area contributed by atoms with Crippen molar-refractivity contribution in [2.45, 2.75) is 50.9 Å². The molecule has 7 nitrogen and oxygen atoms in total. The number of hydrogen-bond acceptors (Lipinski definition) is 5. The molecular formula is C25H20ClF3N4O3. The van der Waals surface area contributed by atoms with Gasteiger partial charge in [-0.15, -0.1) is 0 Å². The third-order valence-electron chi connectivity index (χ3n) is 6.57. The quantitative estimate of drug-likeness (QED) is 0.426. The van der Waals surface area contributed by atoms with E-state index in [2.05, 4.69) is 20.0 Å². The van der Waals surface area contributed by atoms with Crippen LogP contribution < -0.4 is 19.7 Å². The van der Waals surface area contributed by atoms with Crippen LogP contribution in [-0.4, -0.2) is 22.6 Å². The summed E-state index contributed by atoms with van der Waals surface area (Å²) < 4.78 is 50.5. The summed E-state index contributed by atoms with van der Waals surface area (Å²) in [6.45, 7) is -2.87. The fraction of sp³-hybridized carbons (Fsp3) is 0.320. The fourth-order valence-electron chi connectivity index (χ4n) is 4.72. The number of urea groups is 1. The van der Waals surface area contributed by atoms with Crippen molar-refractivity contribution in [3.63, 3.8) is 0 Å². The summed E-state index contributed by atoms with van der Waals surface area (Å²) in [4.78, 5) is 23.0. The van der Waals surface area contributed by atoms with Crippen LogP contribution in [0.1, 0.15) is 53.8 Å². The second-order valence-corrected chi connectivity index (χ2v) is 9.38. The standard InChI is InChI=1S/C25H20ClF3N4O3/c26-15-8-13-5-6-19(23-16(27)2-1-7-30-23)35-20(13)10-18(15)33-11-14-17(31-25(33)34)9-21(36-24(28)29)32-22(14)12-3-4-12/h1-2,7-10,12,19,24H,3-6,11H2,(H,31,34). The summed E-state index contributed by atoms with van der Waals surface area (Å²) in [6.07, 6.45) is 3.85. The molecule has 1 unspecified atom stereocenters. The predicted octanol–water partition coefficient (Wildman–Crippen LogP) is 6.37. The van der Waals surface area contributed by atoms with E-state index in [9.17, 15) is 18.0 Å². The molecule has 0 radical (unpaired) electrons. The molecule has 1 atom stereocenters. The summed E-state index contributed by atoms with van der Waals surface area (Å²) in [5, 5.41) is 3.12. The number of alkyl halides is 2. The van der Waals surface area contributed by atoms with E-state index in [1.807, 2.05) is 0 Å². The fourth-order valence-corrected chi connectivity index (χ4v) is 5.01. The molecule has 2 aliphatic heterocycles. The summed E-state index contributed by atoms with van der Waals surface area (Å²) in [5.41, 5.74) is 3.23. The first-order valence-corrected chi connectivity index (χ1v) is 11.9. The highest BCUT2D eigenvalue weighted by Crippen LogP contribution is 2.46. The Morgan fingerprint density at radius 2 is 2.03 bits per heavy atom. The van der Waals surface area contributed by atoms with Crippen LogP contribution in [0.25, 0.3) is 0 Å². The number of rotatable bonds is 5. The molecule has 6 rings (SSSR count). The first-order chi connectivity index (χ1) is 17.4. The van der Waals surface area contributed by atoms with E-state index in [4.69, 9.17) is 16.3 Å². The van der Waals surface area contributed by atoms with Crippen LogP contribution in [0.15, 0.2) is 36.5 Å². The number of carbonyl (C=O) groups excluding carboxylic acids is 1. The van der Waals surface area contributed by atoms with Crippen molar-refractivity contribution >= 4 is 29.0 Å². The van der Waals surface area contributed by atoms with Gasteiger partial charge in [-0.1, -0.05) is 11.6 Å². The highest BCUT2D eigenvalue weighted by molar-refractivity contribution is 6.34. The SMILES string of the molecule is O=C1Nc2cc(OC(F)F)nc(C3CC3)c2CN1c1cc2c(cc1Cl)CCC(c1ncccc1F)O2. The number of ether oxygens (including phenoxy) is 2. The Kier molecular flexibility index (Phi) is 5.63. The minimum absolute atomic E-state index is 0.119. The third-order valence-corrected chi connectivity index (χ3v) is 6.87. The maximum Gasteiger partial charge on any atom is 0.388 e. The van der Waals surface area contributed by atoms with Gasteiger partial charge in [0, 0.05) is 29.8 Å². The Morgan fingerprint density at radius 1 is 1.19 bits per heavy atom. The van der Waals surface area contributed by atoms with Crippen LogP contribution in [0.5, 0.6) is 11.6 Å². The van der Waals surface area contributed by atoms with Gasteiger partial charge in [-0.25, -0.2) is 14.2 Å². The molecule has 0 saturated heterocycles. The first kappa shape index (κ1) is 22.9. The lowest BCUT2D eigenvalue weighted by Crippen LogP contribution is -2.39. The number of pyridine rings is 2. The van der Waals surface area contributed by atoms with Gasteiger partial charge in [0.15, 0.2) is 0 Å². The van der Waals surface area contributed by atoms with Crippen LogP contribution in [0.4, 0.5) is 29.3 Å². The number of aryl methyl sites for hydroxylation is 1. The number of aromatic nitrogens is 2. The molecule has 4 heterocycles. The summed E-state index contributed by atoms with van der Waals surface area (Å²) in [6, 6.07) is 7.11. The molecular weight excluding hydrogens is 497 g/mol. The van der Waals surface area contributed by atoms with Gasteiger partial charge in [0.2, 0.25) is 5.88 Å². The van der Waals surface area contributed by atoms with Gasteiger partial charge in [0.05, 0.1) is 28.6 Å². The maximum atomic E-state index is 14.3. The monoisotopic (exact) mass is 516 g/mol. The lowest BCUT2D eigenvalue weighted by Gasteiger charge is -2.33. The van der Waals surface area contributed by atoms with E-state index in [0.717, 1.165) is 24.0 Å². The second-order valence-electron chi connectivity index (χ2n) is 8.97. The number of benzene rings is 1. The molecule has 1 aromatic carbocycles. The highest BCUT2D eigenvalue weighted by atomic mass is 35.5. The summed E-state index contributed by atoms with van der Waals surface area (Å²) in [7, 11) is 0. The lowest BCUT2D eigenvalue weighted by atomic mass is 9.99. The molecule has 36 heavy (non-hydrogen) atoms. The number of hydrogen-bond donors (Lipinski definition) is 1. The van der Waals surface area contributed by atoms with E-state index in [1.165, 1.54) is 29.3 Å². The highest BCUT2D eigenvalue weighted by Gasteiger charge is 2.36. The van der Waals surface area contributed by atoms with Crippen molar-refractivity contribution in [1.29, 1.82) is 0 Å². The van der Waals surface area contributed by atoms with Crippen LogP contribution in [0.2, 0.25) is 5.02 Å². The van der Waals surface area contributed by atoms with Crippen LogP contribution in [-0.2, 0) is 13.0 Å². The smallest absolute Gasteiger partial charge is 0.388 e.